The first kappa shape index (κ1) is 8.18. The number of hydrogen-bond donors (Lipinski definition) is 0. The third kappa shape index (κ3) is 4.34. The predicted molar refractivity (Wildman–Crippen MR) is 38.4 cm³/mol. The molecule has 0 aliphatic carbocycles. The first-order chi connectivity index (χ1) is 3.66. The Morgan fingerprint density at radius 2 is 2.38 bits per heavy atom. The molecule has 0 N–H and O–H groups in total. The number of carbonyl (C=O) groups is 1. The molecule has 46 valence electrons. The lowest BCUT2D eigenvalue weighted by Crippen LogP contribution is -1.81. The van der Waals surface area contributed by atoms with Crippen LogP contribution in [0.2, 0.25) is 0 Å². The maximum atomic E-state index is 10.1. The van der Waals surface area contributed by atoms with E-state index in [4.69, 9.17) is 11.6 Å². The van der Waals surface area contributed by atoms with Crippen molar-refractivity contribution in [1.29, 1.82) is 0 Å². The van der Waals surface area contributed by atoms with Gasteiger partial charge in [0.2, 0.25) is 5.24 Å². The van der Waals surface area contributed by atoms with Crippen molar-refractivity contribution < 1.29 is 4.79 Å². The monoisotopic (exact) mass is 196 g/mol. The molecule has 0 bridgehead atoms. The number of hydrogen-bond acceptors (Lipinski definition) is 1. The summed E-state index contributed by atoms with van der Waals surface area (Å²) in [4.78, 5) is 10.1. The normalized spacial score (nSPS) is 11.6. The van der Waals surface area contributed by atoms with Crippen molar-refractivity contribution in [2.45, 2.75) is 6.92 Å². The Kier molecular flexibility index (Phi) is 4.19. The standard InChI is InChI=1S/C5H6BrClO/c1-4(3-6)2-5(7)8/h2H,3H2,1H3/b4-2-. The summed E-state index contributed by atoms with van der Waals surface area (Å²) in [5.41, 5.74) is 0.935. The largest absolute Gasteiger partial charge is 0.276 e. The summed E-state index contributed by atoms with van der Waals surface area (Å²) < 4.78 is 0. The quantitative estimate of drug-likeness (QED) is 0.376. The minimum absolute atomic E-state index is 0.415. The van der Waals surface area contributed by atoms with Crippen LogP contribution in [-0.2, 0) is 4.79 Å². The summed E-state index contributed by atoms with van der Waals surface area (Å²) in [5.74, 6) is 0. The molecule has 0 amide bonds. The molecule has 8 heavy (non-hydrogen) atoms. The lowest BCUT2D eigenvalue weighted by atomic mass is 10.3. The van der Waals surface area contributed by atoms with Gasteiger partial charge in [0.05, 0.1) is 0 Å². The van der Waals surface area contributed by atoms with Crippen molar-refractivity contribution >= 4 is 32.8 Å². The van der Waals surface area contributed by atoms with E-state index in [0.717, 1.165) is 5.57 Å². The molecule has 0 saturated heterocycles. The van der Waals surface area contributed by atoms with E-state index in [1.807, 2.05) is 6.92 Å². The highest BCUT2D eigenvalue weighted by molar-refractivity contribution is 9.09. The fourth-order valence-corrected chi connectivity index (χ4v) is 0.580. The van der Waals surface area contributed by atoms with Gasteiger partial charge >= 0.3 is 0 Å². The molecule has 0 atom stereocenters. The summed E-state index contributed by atoms with van der Waals surface area (Å²) in [6.45, 7) is 1.83. The summed E-state index contributed by atoms with van der Waals surface area (Å²) in [6, 6.07) is 0. The molecular weight excluding hydrogens is 191 g/mol. The maximum Gasteiger partial charge on any atom is 0.245 e. The van der Waals surface area contributed by atoms with Crippen LogP contribution in [0.4, 0.5) is 0 Å². The lowest BCUT2D eigenvalue weighted by Gasteiger charge is -1.85. The van der Waals surface area contributed by atoms with E-state index in [0.29, 0.717) is 5.33 Å². The summed E-state index contributed by atoms with van der Waals surface area (Å²) in [7, 11) is 0. The lowest BCUT2D eigenvalue weighted by molar-refractivity contribution is -0.107. The van der Waals surface area contributed by atoms with E-state index in [-0.39, 0.29) is 0 Å². The topological polar surface area (TPSA) is 17.1 Å². The highest BCUT2D eigenvalue weighted by Gasteiger charge is 1.88. The molecule has 0 fully saturated rings. The zero-order valence-electron chi connectivity index (χ0n) is 4.45. The minimum Gasteiger partial charge on any atom is -0.276 e. The minimum atomic E-state index is -0.415. The van der Waals surface area contributed by atoms with E-state index in [1.165, 1.54) is 6.08 Å². The van der Waals surface area contributed by atoms with Gasteiger partial charge in [0.25, 0.3) is 0 Å². The Bertz CT molecular complexity index is 120. The molecule has 0 unspecified atom stereocenters. The molecule has 3 heteroatoms. The van der Waals surface area contributed by atoms with Gasteiger partial charge in [-0.15, -0.1) is 0 Å². The summed E-state index contributed by atoms with van der Waals surface area (Å²) in [6.07, 6.45) is 1.39. The van der Waals surface area contributed by atoms with Crippen molar-refractivity contribution in [3.05, 3.63) is 11.6 Å². The molecule has 0 aromatic rings. The van der Waals surface area contributed by atoms with E-state index in [1.54, 1.807) is 0 Å². The molecule has 0 spiro atoms. The van der Waals surface area contributed by atoms with Crippen LogP contribution in [0.25, 0.3) is 0 Å². The van der Waals surface area contributed by atoms with Crippen LogP contribution in [0.3, 0.4) is 0 Å². The van der Waals surface area contributed by atoms with Crippen LogP contribution >= 0.6 is 27.5 Å². The Balaban J connectivity index is 3.75. The highest BCUT2D eigenvalue weighted by Crippen LogP contribution is 1.98. The molecule has 0 aliphatic heterocycles. The second-order valence-corrected chi connectivity index (χ2v) is 2.36. The number of alkyl halides is 1. The van der Waals surface area contributed by atoms with Crippen molar-refractivity contribution in [3.8, 4) is 0 Å². The second-order valence-electron chi connectivity index (χ2n) is 1.43. The molecule has 0 radical (unpaired) electrons. The number of carbonyl (C=O) groups excluding carboxylic acids is 1. The van der Waals surface area contributed by atoms with Crippen LogP contribution in [0, 0.1) is 0 Å². The Hall–Kier alpha value is 0.180. The third-order valence-corrected chi connectivity index (χ3v) is 1.56. The van der Waals surface area contributed by atoms with Gasteiger partial charge in [-0.2, -0.15) is 0 Å². The second kappa shape index (κ2) is 4.10. The highest BCUT2D eigenvalue weighted by atomic mass is 79.9. The van der Waals surface area contributed by atoms with Gasteiger partial charge < -0.3 is 0 Å². The Morgan fingerprint density at radius 1 is 1.88 bits per heavy atom. The molecule has 0 rings (SSSR count). The molecule has 0 aromatic carbocycles. The van der Waals surface area contributed by atoms with Crippen LogP contribution in [0.15, 0.2) is 11.6 Å². The zero-order chi connectivity index (χ0) is 6.57. The van der Waals surface area contributed by atoms with Gasteiger partial charge in [0.15, 0.2) is 0 Å². The van der Waals surface area contributed by atoms with Crippen molar-refractivity contribution in [2.24, 2.45) is 0 Å². The Morgan fingerprint density at radius 3 is 2.50 bits per heavy atom. The molecule has 0 aliphatic rings. The molecule has 1 nitrogen and oxygen atoms in total. The van der Waals surface area contributed by atoms with Crippen LogP contribution in [-0.4, -0.2) is 10.6 Å². The van der Waals surface area contributed by atoms with Gasteiger partial charge in [0.1, 0.15) is 0 Å². The van der Waals surface area contributed by atoms with Gasteiger partial charge in [0, 0.05) is 5.33 Å². The first-order valence-electron chi connectivity index (χ1n) is 2.09. The van der Waals surface area contributed by atoms with E-state index >= 15 is 0 Å². The molecular formula is C5H6BrClO. The number of halogens is 2. The fourth-order valence-electron chi connectivity index (χ4n) is 0.232. The number of rotatable bonds is 2. The van der Waals surface area contributed by atoms with Crippen molar-refractivity contribution in [2.75, 3.05) is 5.33 Å². The van der Waals surface area contributed by atoms with E-state index in [9.17, 15) is 4.79 Å². The number of allylic oxidation sites excluding steroid dienone is 2. The van der Waals surface area contributed by atoms with E-state index in [2.05, 4.69) is 15.9 Å². The summed E-state index contributed by atoms with van der Waals surface area (Å²) in [5, 5.41) is 0.285. The summed E-state index contributed by atoms with van der Waals surface area (Å²) >= 11 is 8.18. The van der Waals surface area contributed by atoms with Crippen molar-refractivity contribution in [3.63, 3.8) is 0 Å². The molecule has 0 aromatic heterocycles. The Labute approximate surface area is 61.8 Å². The van der Waals surface area contributed by atoms with Gasteiger partial charge in [-0.05, 0) is 24.6 Å². The predicted octanol–water partition coefficient (Wildman–Crippen LogP) is 2.09. The molecule has 0 heterocycles. The average Bonchev–Trinajstić information content (AvgIpc) is 1.65. The van der Waals surface area contributed by atoms with Gasteiger partial charge in [-0.3, -0.25) is 4.79 Å². The van der Waals surface area contributed by atoms with Gasteiger partial charge in [-0.25, -0.2) is 0 Å². The third-order valence-electron chi connectivity index (χ3n) is 0.571. The van der Waals surface area contributed by atoms with E-state index < -0.39 is 5.24 Å². The smallest absolute Gasteiger partial charge is 0.245 e. The molecule has 0 saturated carbocycles. The maximum absolute atomic E-state index is 10.1. The van der Waals surface area contributed by atoms with Gasteiger partial charge in [-0.1, -0.05) is 21.5 Å². The van der Waals surface area contributed by atoms with Crippen LogP contribution in [0.5, 0.6) is 0 Å². The van der Waals surface area contributed by atoms with Crippen molar-refractivity contribution in [1.82, 2.24) is 0 Å². The zero-order valence-corrected chi connectivity index (χ0v) is 6.79. The first-order valence-corrected chi connectivity index (χ1v) is 3.59. The van der Waals surface area contributed by atoms with Crippen LogP contribution < -0.4 is 0 Å². The fraction of sp³-hybridized carbons (Fsp3) is 0.400. The van der Waals surface area contributed by atoms with Crippen LogP contribution in [0.1, 0.15) is 6.92 Å². The average molecular weight is 197 g/mol. The SMILES string of the molecule is C/C(=C/C(=O)Cl)CBr.